The standard InChI is InChI=1S/C17H17ClN6O3/c18-11-3-1-4-12(7-11)24-16-15(21-22-24)17(26)23(10-20-16)9-14(25)19-8-13-5-2-6-27-13/h1,3-4,7,10,13H,2,5-6,8-9H2,(H,19,25). The molecule has 0 radical (unpaired) electrons. The van der Waals surface area contributed by atoms with Crippen LogP contribution in [0.3, 0.4) is 0 Å². The van der Waals surface area contributed by atoms with Crippen molar-refractivity contribution in [2.75, 3.05) is 13.2 Å². The van der Waals surface area contributed by atoms with Crippen LogP contribution in [-0.2, 0) is 16.1 Å². The number of rotatable bonds is 5. The van der Waals surface area contributed by atoms with E-state index in [1.54, 1.807) is 24.3 Å². The van der Waals surface area contributed by atoms with Crippen molar-refractivity contribution in [3.05, 3.63) is 46.0 Å². The van der Waals surface area contributed by atoms with Gasteiger partial charge in [0.25, 0.3) is 5.56 Å². The van der Waals surface area contributed by atoms with Crippen LogP contribution in [0, 0.1) is 0 Å². The number of ether oxygens (including phenoxy) is 1. The van der Waals surface area contributed by atoms with Crippen LogP contribution < -0.4 is 10.9 Å². The molecule has 4 rings (SSSR count). The summed E-state index contributed by atoms with van der Waals surface area (Å²) in [6.07, 6.45) is 3.30. The van der Waals surface area contributed by atoms with Crippen molar-refractivity contribution in [1.82, 2.24) is 29.9 Å². The first kappa shape index (κ1) is 17.6. The Labute approximate surface area is 158 Å². The van der Waals surface area contributed by atoms with Gasteiger partial charge in [0.05, 0.1) is 11.8 Å². The monoisotopic (exact) mass is 388 g/mol. The molecule has 140 valence electrons. The van der Waals surface area contributed by atoms with Crippen LogP contribution in [0.15, 0.2) is 35.4 Å². The third kappa shape index (κ3) is 3.69. The molecule has 1 aliphatic heterocycles. The zero-order valence-corrected chi connectivity index (χ0v) is 15.1. The predicted molar refractivity (Wildman–Crippen MR) is 97.9 cm³/mol. The van der Waals surface area contributed by atoms with Crippen molar-refractivity contribution >= 4 is 28.7 Å². The highest BCUT2D eigenvalue weighted by Crippen LogP contribution is 2.16. The van der Waals surface area contributed by atoms with E-state index in [0.717, 1.165) is 19.4 Å². The normalized spacial score (nSPS) is 16.7. The van der Waals surface area contributed by atoms with Crippen molar-refractivity contribution in [1.29, 1.82) is 0 Å². The number of halogens is 1. The number of nitrogens with zero attached hydrogens (tertiary/aromatic N) is 5. The van der Waals surface area contributed by atoms with Crippen LogP contribution in [0.2, 0.25) is 5.02 Å². The number of hydrogen-bond donors (Lipinski definition) is 1. The smallest absolute Gasteiger partial charge is 0.284 e. The van der Waals surface area contributed by atoms with Gasteiger partial charge >= 0.3 is 0 Å². The molecule has 3 aromatic rings. The lowest BCUT2D eigenvalue weighted by Gasteiger charge is -2.11. The fourth-order valence-electron chi connectivity index (χ4n) is 2.98. The first-order valence-corrected chi connectivity index (χ1v) is 8.95. The third-order valence-electron chi connectivity index (χ3n) is 4.35. The molecule has 1 N–H and O–H groups in total. The number of aromatic nitrogens is 5. The number of carbonyl (C=O) groups is 1. The summed E-state index contributed by atoms with van der Waals surface area (Å²) in [5.41, 5.74) is 0.604. The lowest BCUT2D eigenvalue weighted by atomic mass is 10.2. The van der Waals surface area contributed by atoms with Gasteiger partial charge in [-0.15, -0.1) is 5.10 Å². The van der Waals surface area contributed by atoms with Gasteiger partial charge in [-0.2, -0.15) is 4.68 Å². The Morgan fingerprint density at radius 2 is 2.30 bits per heavy atom. The highest BCUT2D eigenvalue weighted by atomic mass is 35.5. The van der Waals surface area contributed by atoms with E-state index in [1.165, 1.54) is 15.6 Å². The van der Waals surface area contributed by atoms with Gasteiger partial charge in [0.1, 0.15) is 12.9 Å². The quantitative estimate of drug-likeness (QED) is 0.697. The number of benzene rings is 1. The Hall–Kier alpha value is -2.78. The molecule has 1 aliphatic rings. The zero-order chi connectivity index (χ0) is 18.8. The van der Waals surface area contributed by atoms with Crippen molar-refractivity contribution in [2.45, 2.75) is 25.5 Å². The summed E-state index contributed by atoms with van der Waals surface area (Å²) >= 11 is 6.00. The average Bonchev–Trinajstić information content (AvgIpc) is 3.32. The van der Waals surface area contributed by atoms with E-state index < -0.39 is 5.56 Å². The van der Waals surface area contributed by atoms with E-state index in [1.807, 2.05) is 0 Å². The second-order valence-electron chi connectivity index (χ2n) is 6.27. The van der Waals surface area contributed by atoms with Crippen molar-refractivity contribution in [3.63, 3.8) is 0 Å². The summed E-state index contributed by atoms with van der Waals surface area (Å²) in [5, 5.41) is 11.2. The number of nitrogens with one attached hydrogen (secondary N) is 1. The second kappa shape index (κ2) is 7.45. The van der Waals surface area contributed by atoms with E-state index in [4.69, 9.17) is 16.3 Å². The Morgan fingerprint density at radius 3 is 3.07 bits per heavy atom. The van der Waals surface area contributed by atoms with Gasteiger partial charge in [-0.3, -0.25) is 14.2 Å². The van der Waals surface area contributed by atoms with Crippen LogP contribution in [0.25, 0.3) is 16.9 Å². The molecular weight excluding hydrogens is 372 g/mol. The SMILES string of the molecule is O=C(Cn1cnc2c(nnn2-c2cccc(Cl)c2)c1=O)NCC1CCCO1. The number of carbonyl (C=O) groups excluding carboxylic acids is 1. The van der Waals surface area contributed by atoms with Gasteiger partial charge in [-0.05, 0) is 31.0 Å². The fourth-order valence-corrected chi connectivity index (χ4v) is 3.17. The summed E-state index contributed by atoms with van der Waals surface area (Å²) in [6, 6.07) is 6.98. The minimum atomic E-state index is -0.430. The Balaban J connectivity index is 1.54. The predicted octanol–water partition coefficient (Wildman–Crippen LogP) is 0.926. The maximum absolute atomic E-state index is 12.6. The van der Waals surface area contributed by atoms with Gasteiger partial charge in [0.15, 0.2) is 11.2 Å². The molecule has 0 aliphatic carbocycles. The van der Waals surface area contributed by atoms with Gasteiger partial charge in [-0.25, -0.2) is 4.98 Å². The maximum atomic E-state index is 12.6. The van der Waals surface area contributed by atoms with Crippen molar-refractivity contribution in [2.24, 2.45) is 0 Å². The van der Waals surface area contributed by atoms with Gasteiger partial charge in [0, 0.05) is 18.2 Å². The zero-order valence-electron chi connectivity index (χ0n) is 14.3. The molecule has 1 unspecified atom stereocenters. The van der Waals surface area contributed by atoms with E-state index in [-0.39, 0.29) is 24.1 Å². The number of fused-ring (bicyclic) bond motifs is 1. The summed E-state index contributed by atoms with van der Waals surface area (Å²) in [6.45, 7) is 1.02. The van der Waals surface area contributed by atoms with Crippen LogP contribution >= 0.6 is 11.6 Å². The van der Waals surface area contributed by atoms with Gasteiger partial charge < -0.3 is 10.1 Å². The minimum absolute atomic E-state index is 0.0453. The fraction of sp³-hybridized carbons (Fsp3) is 0.353. The molecule has 0 spiro atoms. The molecule has 9 nitrogen and oxygen atoms in total. The molecule has 1 fully saturated rings. The van der Waals surface area contributed by atoms with E-state index in [2.05, 4.69) is 20.6 Å². The van der Waals surface area contributed by atoms with Crippen LogP contribution in [0.5, 0.6) is 0 Å². The molecule has 1 aromatic carbocycles. The highest BCUT2D eigenvalue weighted by Gasteiger charge is 2.18. The highest BCUT2D eigenvalue weighted by molar-refractivity contribution is 6.30. The van der Waals surface area contributed by atoms with Crippen LogP contribution in [0.1, 0.15) is 12.8 Å². The molecule has 1 amide bonds. The molecule has 1 atom stereocenters. The molecule has 2 aromatic heterocycles. The molecular formula is C17H17ClN6O3. The Bertz CT molecular complexity index is 1040. The van der Waals surface area contributed by atoms with E-state index >= 15 is 0 Å². The molecule has 27 heavy (non-hydrogen) atoms. The van der Waals surface area contributed by atoms with Crippen molar-refractivity contribution < 1.29 is 9.53 Å². The van der Waals surface area contributed by atoms with E-state index in [0.29, 0.717) is 22.9 Å². The minimum Gasteiger partial charge on any atom is -0.376 e. The Morgan fingerprint density at radius 1 is 1.41 bits per heavy atom. The summed E-state index contributed by atoms with van der Waals surface area (Å²) in [7, 11) is 0. The summed E-state index contributed by atoms with van der Waals surface area (Å²) in [5.74, 6) is -0.281. The summed E-state index contributed by atoms with van der Waals surface area (Å²) < 4.78 is 8.11. The second-order valence-corrected chi connectivity index (χ2v) is 6.71. The summed E-state index contributed by atoms with van der Waals surface area (Å²) in [4.78, 5) is 29.0. The van der Waals surface area contributed by atoms with Gasteiger partial charge in [-0.1, -0.05) is 22.9 Å². The Kier molecular flexibility index (Phi) is 4.87. The third-order valence-corrected chi connectivity index (χ3v) is 4.58. The van der Waals surface area contributed by atoms with Crippen molar-refractivity contribution in [3.8, 4) is 5.69 Å². The topological polar surface area (TPSA) is 104 Å². The van der Waals surface area contributed by atoms with Crippen LogP contribution in [-0.4, -0.2) is 49.7 Å². The lowest BCUT2D eigenvalue weighted by molar-refractivity contribution is -0.122. The molecule has 1 saturated heterocycles. The number of amides is 1. The molecule has 0 saturated carbocycles. The van der Waals surface area contributed by atoms with E-state index in [9.17, 15) is 9.59 Å². The largest absolute Gasteiger partial charge is 0.376 e. The first-order chi connectivity index (χ1) is 13.1. The average molecular weight is 389 g/mol. The molecule has 0 bridgehead atoms. The van der Waals surface area contributed by atoms with Crippen LogP contribution in [0.4, 0.5) is 0 Å². The molecule has 3 heterocycles. The maximum Gasteiger partial charge on any atom is 0.284 e. The first-order valence-electron chi connectivity index (χ1n) is 8.57. The van der Waals surface area contributed by atoms with Gasteiger partial charge in [0.2, 0.25) is 5.91 Å². The number of hydrogen-bond acceptors (Lipinski definition) is 6. The lowest BCUT2D eigenvalue weighted by Crippen LogP contribution is -2.36. The molecule has 10 heteroatoms.